The van der Waals surface area contributed by atoms with Gasteiger partial charge in [0.25, 0.3) is 0 Å². The molecule has 0 spiro atoms. The highest BCUT2D eigenvalue weighted by atomic mass is 35.5. The molecule has 0 atom stereocenters. The van der Waals surface area contributed by atoms with Crippen LogP contribution in [0.3, 0.4) is 0 Å². The number of anilines is 1. The monoisotopic (exact) mass is 432 g/mol. The fraction of sp³-hybridized carbons (Fsp3) is 0.0435. The number of hydrogen-bond donors (Lipinski definition) is 1. The van der Waals surface area contributed by atoms with Gasteiger partial charge in [0.1, 0.15) is 5.82 Å². The molecule has 0 aliphatic heterocycles. The number of nitrogens with zero attached hydrogens (tertiary/aromatic N) is 3. The highest BCUT2D eigenvalue weighted by Crippen LogP contribution is 2.27. The fourth-order valence-electron chi connectivity index (χ4n) is 2.76. The Bertz CT molecular complexity index is 1080. The molecular formula is C23H17ClN4OS. The van der Waals surface area contributed by atoms with E-state index in [9.17, 15) is 4.79 Å². The van der Waals surface area contributed by atoms with Gasteiger partial charge in [-0.25, -0.2) is 15.0 Å². The summed E-state index contributed by atoms with van der Waals surface area (Å²) in [5.74, 6) is 0.426. The zero-order valence-corrected chi connectivity index (χ0v) is 17.4. The first kappa shape index (κ1) is 20.1. The number of pyridine rings is 1. The van der Waals surface area contributed by atoms with E-state index in [1.165, 1.54) is 18.0 Å². The van der Waals surface area contributed by atoms with Crippen LogP contribution < -0.4 is 5.32 Å². The lowest BCUT2D eigenvalue weighted by Crippen LogP contribution is -2.15. The number of amides is 1. The van der Waals surface area contributed by atoms with Crippen LogP contribution in [-0.2, 0) is 4.79 Å². The highest BCUT2D eigenvalue weighted by molar-refractivity contribution is 7.99. The van der Waals surface area contributed by atoms with Crippen molar-refractivity contribution >= 4 is 35.1 Å². The average molecular weight is 433 g/mol. The number of nitrogens with one attached hydrogen (secondary N) is 1. The minimum absolute atomic E-state index is 0.163. The SMILES string of the molecule is O=C(CSc1nc(-c2ccccc2)cc(-c2ccccc2)n1)Nc1ccc(Cl)cn1. The normalized spacial score (nSPS) is 10.6. The molecule has 1 amide bonds. The Kier molecular flexibility index (Phi) is 6.37. The van der Waals surface area contributed by atoms with Crippen molar-refractivity contribution in [2.24, 2.45) is 0 Å². The summed E-state index contributed by atoms with van der Waals surface area (Å²) in [7, 11) is 0. The van der Waals surface area contributed by atoms with Crippen molar-refractivity contribution in [2.75, 3.05) is 11.1 Å². The van der Waals surface area contributed by atoms with Crippen molar-refractivity contribution < 1.29 is 4.79 Å². The van der Waals surface area contributed by atoms with Crippen molar-refractivity contribution in [1.29, 1.82) is 0 Å². The van der Waals surface area contributed by atoms with Crippen LogP contribution in [0.1, 0.15) is 0 Å². The van der Waals surface area contributed by atoms with Crippen molar-refractivity contribution in [2.45, 2.75) is 5.16 Å². The summed E-state index contributed by atoms with van der Waals surface area (Å²) in [4.78, 5) is 25.7. The van der Waals surface area contributed by atoms with E-state index < -0.39 is 0 Å². The van der Waals surface area contributed by atoms with Gasteiger partial charge in [-0.15, -0.1) is 0 Å². The lowest BCUT2D eigenvalue weighted by atomic mass is 10.1. The third-order valence-corrected chi connectivity index (χ3v) is 5.24. The van der Waals surface area contributed by atoms with Gasteiger partial charge in [0, 0.05) is 17.3 Å². The summed E-state index contributed by atoms with van der Waals surface area (Å²) in [6.07, 6.45) is 1.49. The summed E-state index contributed by atoms with van der Waals surface area (Å²) in [6.45, 7) is 0. The summed E-state index contributed by atoms with van der Waals surface area (Å²) < 4.78 is 0. The van der Waals surface area contributed by atoms with Gasteiger partial charge in [-0.2, -0.15) is 0 Å². The van der Waals surface area contributed by atoms with Crippen LogP contribution >= 0.6 is 23.4 Å². The molecule has 0 saturated heterocycles. The van der Waals surface area contributed by atoms with Crippen LogP contribution in [-0.4, -0.2) is 26.6 Å². The van der Waals surface area contributed by atoms with Crippen molar-refractivity contribution in [3.05, 3.63) is 90.1 Å². The molecule has 148 valence electrons. The third-order valence-electron chi connectivity index (χ3n) is 4.17. The number of carbonyl (C=O) groups is 1. The summed E-state index contributed by atoms with van der Waals surface area (Å²) in [6, 6.07) is 25.1. The highest BCUT2D eigenvalue weighted by Gasteiger charge is 2.11. The number of aromatic nitrogens is 3. The molecule has 0 fully saturated rings. The van der Waals surface area contributed by atoms with Gasteiger partial charge in [-0.05, 0) is 18.2 Å². The number of halogens is 1. The Hall–Kier alpha value is -3.22. The second kappa shape index (κ2) is 9.52. The van der Waals surface area contributed by atoms with Crippen LogP contribution in [0.4, 0.5) is 5.82 Å². The van der Waals surface area contributed by atoms with Gasteiger partial charge in [-0.1, -0.05) is 84.0 Å². The molecular weight excluding hydrogens is 416 g/mol. The van der Waals surface area contributed by atoms with E-state index in [0.29, 0.717) is 16.0 Å². The lowest BCUT2D eigenvalue weighted by Gasteiger charge is -2.09. The zero-order chi connectivity index (χ0) is 20.8. The van der Waals surface area contributed by atoms with Crippen LogP contribution in [0.25, 0.3) is 22.5 Å². The van der Waals surface area contributed by atoms with Crippen molar-refractivity contribution in [3.63, 3.8) is 0 Å². The third kappa shape index (κ3) is 5.23. The largest absolute Gasteiger partial charge is 0.310 e. The summed E-state index contributed by atoms with van der Waals surface area (Å²) >= 11 is 7.10. The van der Waals surface area contributed by atoms with Crippen LogP contribution in [0.15, 0.2) is 90.2 Å². The predicted octanol–water partition coefficient (Wildman–Crippen LogP) is 5.59. The van der Waals surface area contributed by atoms with Crippen LogP contribution in [0, 0.1) is 0 Å². The molecule has 0 aliphatic rings. The molecule has 2 heterocycles. The smallest absolute Gasteiger partial charge is 0.236 e. The Morgan fingerprint density at radius 2 is 1.47 bits per heavy atom. The number of rotatable bonds is 6. The van der Waals surface area contributed by atoms with Gasteiger partial charge < -0.3 is 5.32 Å². The minimum Gasteiger partial charge on any atom is -0.310 e. The zero-order valence-electron chi connectivity index (χ0n) is 15.8. The van der Waals surface area contributed by atoms with E-state index in [-0.39, 0.29) is 11.7 Å². The number of benzene rings is 2. The summed E-state index contributed by atoms with van der Waals surface area (Å²) in [5.41, 5.74) is 3.61. The Morgan fingerprint density at radius 1 is 0.867 bits per heavy atom. The van der Waals surface area contributed by atoms with E-state index in [4.69, 9.17) is 11.6 Å². The van der Waals surface area contributed by atoms with E-state index >= 15 is 0 Å². The van der Waals surface area contributed by atoms with Gasteiger partial charge >= 0.3 is 0 Å². The van der Waals surface area contributed by atoms with Gasteiger partial charge in [-0.3, -0.25) is 4.79 Å². The molecule has 0 aliphatic carbocycles. The first-order valence-electron chi connectivity index (χ1n) is 9.21. The second-order valence-corrected chi connectivity index (χ2v) is 7.73. The molecule has 1 N–H and O–H groups in total. The van der Waals surface area contributed by atoms with Gasteiger partial charge in [0.2, 0.25) is 5.91 Å². The standard InChI is InChI=1S/C23H17ClN4OS/c24-18-11-12-21(25-14-18)28-22(29)15-30-23-26-19(16-7-3-1-4-8-16)13-20(27-23)17-9-5-2-6-10-17/h1-14H,15H2,(H,25,28,29). The van der Waals surface area contributed by atoms with E-state index in [0.717, 1.165) is 22.5 Å². The van der Waals surface area contributed by atoms with Gasteiger partial charge in [0.15, 0.2) is 5.16 Å². The van der Waals surface area contributed by atoms with E-state index in [1.54, 1.807) is 12.1 Å². The second-order valence-electron chi connectivity index (χ2n) is 6.35. The average Bonchev–Trinajstić information content (AvgIpc) is 2.80. The van der Waals surface area contributed by atoms with Crippen LogP contribution in [0.2, 0.25) is 5.02 Å². The number of thioether (sulfide) groups is 1. The number of hydrogen-bond acceptors (Lipinski definition) is 5. The Labute approximate surface area is 183 Å². The maximum Gasteiger partial charge on any atom is 0.236 e. The molecule has 2 aromatic heterocycles. The predicted molar refractivity (Wildman–Crippen MR) is 122 cm³/mol. The molecule has 0 unspecified atom stereocenters. The maximum absolute atomic E-state index is 12.3. The molecule has 7 heteroatoms. The summed E-state index contributed by atoms with van der Waals surface area (Å²) in [5, 5.41) is 3.80. The molecule has 5 nitrogen and oxygen atoms in total. The Balaban J connectivity index is 1.56. The van der Waals surface area contributed by atoms with E-state index in [1.807, 2.05) is 66.7 Å². The molecule has 4 aromatic rings. The first-order chi connectivity index (χ1) is 14.7. The molecule has 0 saturated carbocycles. The lowest BCUT2D eigenvalue weighted by molar-refractivity contribution is -0.113. The first-order valence-corrected chi connectivity index (χ1v) is 10.6. The van der Waals surface area contributed by atoms with Crippen LogP contribution in [0.5, 0.6) is 0 Å². The van der Waals surface area contributed by atoms with Crippen molar-refractivity contribution in [3.8, 4) is 22.5 Å². The molecule has 0 bridgehead atoms. The number of carbonyl (C=O) groups excluding carboxylic acids is 1. The minimum atomic E-state index is -0.190. The van der Waals surface area contributed by atoms with Crippen molar-refractivity contribution in [1.82, 2.24) is 15.0 Å². The molecule has 4 rings (SSSR count). The molecule has 2 aromatic carbocycles. The molecule has 30 heavy (non-hydrogen) atoms. The van der Waals surface area contributed by atoms with E-state index in [2.05, 4.69) is 20.3 Å². The Morgan fingerprint density at radius 3 is 2.00 bits per heavy atom. The van der Waals surface area contributed by atoms with Gasteiger partial charge in [0.05, 0.1) is 22.2 Å². The fourth-order valence-corrected chi connectivity index (χ4v) is 3.53. The molecule has 0 radical (unpaired) electrons. The quantitative estimate of drug-likeness (QED) is 0.317. The topological polar surface area (TPSA) is 67.8 Å². The maximum atomic E-state index is 12.3.